The molecule has 3 aromatic carbocycles. The van der Waals surface area contributed by atoms with E-state index in [4.69, 9.17) is 14.2 Å². The molecule has 0 bridgehead atoms. The number of methoxy groups -OCH3 is 1. The molecule has 3 aromatic rings. The van der Waals surface area contributed by atoms with Gasteiger partial charge >= 0.3 is 0 Å². The van der Waals surface area contributed by atoms with Crippen LogP contribution in [0.4, 0.5) is 0 Å². The van der Waals surface area contributed by atoms with Gasteiger partial charge in [0.1, 0.15) is 12.4 Å². The SMILES string of the molecule is COc1ccc(/C=N/NC(=O)[C@@H]2COc3cc4ccccc4cc3O2)cc1Br. The lowest BCUT2D eigenvalue weighted by molar-refractivity contribution is -0.130. The molecule has 1 amide bonds. The fraction of sp³-hybridized carbons (Fsp3) is 0.143. The predicted octanol–water partition coefficient (Wildman–Crippen LogP) is 3.90. The average molecular weight is 441 g/mol. The van der Waals surface area contributed by atoms with Crippen LogP contribution in [-0.4, -0.2) is 31.9 Å². The zero-order chi connectivity index (χ0) is 19.5. The summed E-state index contributed by atoms with van der Waals surface area (Å²) in [5.41, 5.74) is 3.31. The van der Waals surface area contributed by atoms with E-state index in [9.17, 15) is 4.79 Å². The number of carbonyl (C=O) groups excluding carboxylic acids is 1. The Balaban J connectivity index is 1.42. The summed E-state index contributed by atoms with van der Waals surface area (Å²) < 4.78 is 17.5. The van der Waals surface area contributed by atoms with E-state index in [1.54, 1.807) is 13.3 Å². The number of fused-ring (bicyclic) bond motifs is 2. The van der Waals surface area contributed by atoms with Gasteiger partial charge in [0, 0.05) is 0 Å². The van der Waals surface area contributed by atoms with Gasteiger partial charge in [0.2, 0.25) is 6.10 Å². The van der Waals surface area contributed by atoms with E-state index in [0.29, 0.717) is 11.5 Å². The van der Waals surface area contributed by atoms with Crippen LogP contribution < -0.4 is 19.6 Å². The third-order valence-corrected chi connectivity index (χ3v) is 4.95. The molecular weight excluding hydrogens is 424 g/mol. The zero-order valence-corrected chi connectivity index (χ0v) is 16.6. The van der Waals surface area contributed by atoms with Crippen molar-refractivity contribution >= 4 is 38.8 Å². The lowest BCUT2D eigenvalue weighted by Crippen LogP contribution is -2.42. The molecule has 1 aliphatic rings. The molecule has 0 saturated carbocycles. The maximum atomic E-state index is 12.4. The highest BCUT2D eigenvalue weighted by Crippen LogP contribution is 2.35. The van der Waals surface area contributed by atoms with Gasteiger partial charge in [-0.3, -0.25) is 4.79 Å². The Labute approximate surface area is 170 Å². The number of halogens is 1. The maximum absolute atomic E-state index is 12.4. The first kappa shape index (κ1) is 18.3. The standard InChI is InChI=1S/C21H17BrN2O4/c1-26-17-7-6-13(8-16(17)22)11-23-24-21(25)20-12-27-18-9-14-4-2-3-5-15(14)10-19(18)28-20/h2-11,20H,12H2,1H3,(H,24,25)/b23-11+/t20-/m0/s1. The summed E-state index contributed by atoms with van der Waals surface area (Å²) in [4.78, 5) is 12.4. The minimum Gasteiger partial charge on any atom is -0.496 e. The number of rotatable bonds is 4. The van der Waals surface area contributed by atoms with E-state index < -0.39 is 6.10 Å². The van der Waals surface area contributed by atoms with Crippen molar-refractivity contribution in [3.05, 3.63) is 64.6 Å². The van der Waals surface area contributed by atoms with E-state index >= 15 is 0 Å². The average Bonchev–Trinajstić information content (AvgIpc) is 2.72. The number of hydrogen-bond donors (Lipinski definition) is 1. The number of benzene rings is 3. The molecular formula is C21H17BrN2O4. The van der Waals surface area contributed by atoms with Crippen molar-refractivity contribution in [3.63, 3.8) is 0 Å². The normalized spacial score (nSPS) is 15.6. The second-order valence-corrected chi connectivity index (χ2v) is 7.05. The van der Waals surface area contributed by atoms with Crippen molar-refractivity contribution in [3.8, 4) is 17.2 Å². The number of amides is 1. The van der Waals surface area contributed by atoms with Gasteiger partial charge in [-0.1, -0.05) is 24.3 Å². The molecule has 0 unspecified atom stereocenters. The smallest absolute Gasteiger partial charge is 0.284 e. The van der Waals surface area contributed by atoms with E-state index in [2.05, 4.69) is 26.5 Å². The summed E-state index contributed by atoms with van der Waals surface area (Å²) in [6.45, 7) is 0.126. The lowest BCUT2D eigenvalue weighted by atomic mass is 10.1. The number of hydrazone groups is 1. The quantitative estimate of drug-likeness (QED) is 0.493. The van der Waals surface area contributed by atoms with Crippen molar-refractivity contribution in [1.29, 1.82) is 0 Å². The van der Waals surface area contributed by atoms with Crippen LogP contribution >= 0.6 is 15.9 Å². The Kier molecular flexibility index (Phi) is 5.16. The first-order valence-electron chi connectivity index (χ1n) is 8.63. The molecule has 1 atom stereocenters. The summed E-state index contributed by atoms with van der Waals surface area (Å²) >= 11 is 3.41. The summed E-state index contributed by atoms with van der Waals surface area (Å²) in [7, 11) is 1.60. The summed E-state index contributed by atoms with van der Waals surface area (Å²) in [5.74, 6) is 1.53. The van der Waals surface area contributed by atoms with Crippen LogP contribution in [0.25, 0.3) is 10.8 Å². The Hall–Kier alpha value is -3.06. The Morgan fingerprint density at radius 3 is 2.64 bits per heavy atom. The van der Waals surface area contributed by atoms with Gasteiger partial charge in [-0.2, -0.15) is 5.10 Å². The third kappa shape index (κ3) is 3.80. The Morgan fingerprint density at radius 2 is 1.93 bits per heavy atom. The van der Waals surface area contributed by atoms with Crippen molar-refractivity contribution in [2.24, 2.45) is 5.10 Å². The van der Waals surface area contributed by atoms with Crippen LogP contribution in [0.5, 0.6) is 17.2 Å². The largest absolute Gasteiger partial charge is 0.496 e. The van der Waals surface area contributed by atoms with Crippen molar-refractivity contribution in [1.82, 2.24) is 5.43 Å². The third-order valence-electron chi connectivity index (χ3n) is 4.33. The summed E-state index contributed by atoms with van der Waals surface area (Å²) in [5, 5.41) is 6.08. The van der Waals surface area contributed by atoms with Gasteiger partial charge in [-0.25, -0.2) is 5.43 Å². The van der Waals surface area contributed by atoms with E-state index in [1.807, 2.05) is 54.6 Å². The first-order chi connectivity index (χ1) is 13.6. The molecule has 28 heavy (non-hydrogen) atoms. The van der Waals surface area contributed by atoms with Crippen LogP contribution in [0.1, 0.15) is 5.56 Å². The molecule has 0 spiro atoms. The fourth-order valence-corrected chi connectivity index (χ4v) is 3.45. The second kappa shape index (κ2) is 7.90. The van der Waals surface area contributed by atoms with Crippen LogP contribution in [-0.2, 0) is 4.79 Å². The van der Waals surface area contributed by atoms with Crippen LogP contribution in [0.15, 0.2) is 64.2 Å². The topological polar surface area (TPSA) is 69.2 Å². The fourth-order valence-electron chi connectivity index (χ4n) is 2.89. The van der Waals surface area contributed by atoms with Gasteiger partial charge in [0.05, 0.1) is 17.8 Å². The molecule has 0 radical (unpaired) electrons. The lowest BCUT2D eigenvalue weighted by Gasteiger charge is -2.25. The van der Waals surface area contributed by atoms with Crippen LogP contribution in [0.2, 0.25) is 0 Å². The number of nitrogens with zero attached hydrogens (tertiary/aromatic N) is 1. The molecule has 1 aliphatic heterocycles. The number of ether oxygens (including phenoxy) is 3. The number of carbonyl (C=O) groups is 1. The molecule has 142 valence electrons. The van der Waals surface area contributed by atoms with Gasteiger partial charge < -0.3 is 14.2 Å². The van der Waals surface area contributed by atoms with E-state index in [1.165, 1.54) is 0 Å². The summed E-state index contributed by atoms with van der Waals surface area (Å²) in [6.07, 6.45) is 0.779. The van der Waals surface area contributed by atoms with Crippen molar-refractivity contribution in [2.75, 3.05) is 13.7 Å². The molecule has 1 heterocycles. The first-order valence-corrected chi connectivity index (χ1v) is 9.42. The van der Waals surface area contributed by atoms with Gasteiger partial charge in [-0.15, -0.1) is 0 Å². The minimum atomic E-state index is -0.770. The Morgan fingerprint density at radius 1 is 1.18 bits per heavy atom. The van der Waals surface area contributed by atoms with Crippen molar-refractivity contribution in [2.45, 2.75) is 6.10 Å². The van der Waals surface area contributed by atoms with E-state index in [0.717, 1.165) is 26.6 Å². The highest BCUT2D eigenvalue weighted by molar-refractivity contribution is 9.10. The molecule has 4 rings (SSSR count). The Bertz CT molecular complexity index is 1070. The van der Waals surface area contributed by atoms with Crippen molar-refractivity contribution < 1.29 is 19.0 Å². The minimum absolute atomic E-state index is 0.126. The maximum Gasteiger partial charge on any atom is 0.284 e. The molecule has 7 heteroatoms. The monoisotopic (exact) mass is 440 g/mol. The highest BCUT2D eigenvalue weighted by atomic mass is 79.9. The number of nitrogens with one attached hydrogen (secondary N) is 1. The van der Waals surface area contributed by atoms with E-state index in [-0.39, 0.29) is 12.5 Å². The van der Waals surface area contributed by atoms with Crippen LogP contribution in [0.3, 0.4) is 0 Å². The van der Waals surface area contributed by atoms with Gasteiger partial charge in [0.15, 0.2) is 11.5 Å². The molecule has 0 saturated heterocycles. The van der Waals surface area contributed by atoms with Crippen LogP contribution in [0, 0.1) is 0 Å². The van der Waals surface area contributed by atoms with Gasteiger partial charge in [-0.05, 0) is 62.6 Å². The molecule has 0 aliphatic carbocycles. The number of hydrogen-bond acceptors (Lipinski definition) is 5. The molecule has 0 aromatic heterocycles. The second-order valence-electron chi connectivity index (χ2n) is 6.19. The zero-order valence-electron chi connectivity index (χ0n) is 15.0. The molecule has 0 fully saturated rings. The predicted molar refractivity (Wildman–Crippen MR) is 110 cm³/mol. The summed E-state index contributed by atoms with van der Waals surface area (Å²) in [6, 6.07) is 17.2. The van der Waals surface area contributed by atoms with Gasteiger partial charge in [0.25, 0.3) is 5.91 Å². The molecule has 6 nitrogen and oxygen atoms in total. The highest BCUT2D eigenvalue weighted by Gasteiger charge is 2.27. The molecule has 1 N–H and O–H groups in total.